The number of rotatable bonds is 1. The van der Waals surface area contributed by atoms with Crippen LogP contribution in [-0.4, -0.2) is 17.6 Å². The fourth-order valence-corrected chi connectivity index (χ4v) is 2.04. The van der Waals surface area contributed by atoms with Crippen LogP contribution in [0.1, 0.15) is 10.4 Å². The SMILES string of the molecule is COC(=O)c1cccc2c1cc(Br)n2C. The molecular formula is C11H10BrNO2. The van der Waals surface area contributed by atoms with Crippen LogP contribution < -0.4 is 0 Å². The number of ether oxygens (including phenoxy) is 1. The molecule has 2 aromatic rings. The Morgan fingerprint density at radius 2 is 2.20 bits per heavy atom. The minimum absolute atomic E-state index is 0.307. The Morgan fingerprint density at radius 1 is 1.47 bits per heavy atom. The molecule has 0 bridgehead atoms. The summed E-state index contributed by atoms with van der Waals surface area (Å²) in [4.78, 5) is 11.5. The van der Waals surface area contributed by atoms with Gasteiger partial charge in [0.1, 0.15) is 0 Å². The number of aromatic nitrogens is 1. The van der Waals surface area contributed by atoms with Crippen molar-refractivity contribution in [2.24, 2.45) is 7.05 Å². The van der Waals surface area contributed by atoms with Crippen LogP contribution in [0.3, 0.4) is 0 Å². The van der Waals surface area contributed by atoms with Crippen molar-refractivity contribution in [3.63, 3.8) is 0 Å². The number of nitrogens with zero attached hydrogens (tertiary/aromatic N) is 1. The molecule has 0 amide bonds. The summed E-state index contributed by atoms with van der Waals surface area (Å²) in [5.41, 5.74) is 1.60. The fraction of sp³-hybridized carbons (Fsp3) is 0.182. The van der Waals surface area contributed by atoms with Crippen molar-refractivity contribution in [1.29, 1.82) is 0 Å². The number of carbonyl (C=O) groups is 1. The molecule has 1 aromatic heterocycles. The van der Waals surface area contributed by atoms with Gasteiger partial charge in [0.05, 0.1) is 17.3 Å². The van der Waals surface area contributed by atoms with Crippen molar-refractivity contribution in [2.45, 2.75) is 0 Å². The van der Waals surface area contributed by atoms with Crippen molar-refractivity contribution < 1.29 is 9.53 Å². The van der Waals surface area contributed by atoms with Crippen LogP contribution in [0.4, 0.5) is 0 Å². The summed E-state index contributed by atoms with van der Waals surface area (Å²) in [6, 6.07) is 7.50. The summed E-state index contributed by atoms with van der Waals surface area (Å²) in [6.45, 7) is 0. The van der Waals surface area contributed by atoms with Gasteiger partial charge in [-0.15, -0.1) is 0 Å². The van der Waals surface area contributed by atoms with Gasteiger partial charge in [-0.2, -0.15) is 0 Å². The molecule has 0 aliphatic carbocycles. The second kappa shape index (κ2) is 3.70. The number of esters is 1. The smallest absolute Gasteiger partial charge is 0.338 e. The zero-order chi connectivity index (χ0) is 11.0. The predicted molar refractivity (Wildman–Crippen MR) is 62.0 cm³/mol. The van der Waals surface area contributed by atoms with Crippen molar-refractivity contribution in [2.75, 3.05) is 7.11 Å². The third kappa shape index (κ3) is 1.55. The largest absolute Gasteiger partial charge is 0.465 e. The first-order chi connectivity index (χ1) is 7.15. The Morgan fingerprint density at radius 3 is 2.87 bits per heavy atom. The summed E-state index contributed by atoms with van der Waals surface area (Å²) < 4.78 is 7.64. The van der Waals surface area contributed by atoms with Gasteiger partial charge in [-0.3, -0.25) is 0 Å². The molecular weight excluding hydrogens is 258 g/mol. The highest BCUT2D eigenvalue weighted by molar-refractivity contribution is 9.10. The summed E-state index contributed by atoms with van der Waals surface area (Å²) in [6.07, 6.45) is 0. The third-order valence-corrected chi connectivity index (χ3v) is 3.19. The van der Waals surface area contributed by atoms with Crippen LogP contribution in [0, 0.1) is 0 Å². The van der Waals surface area contributed by atoms with E-state index in [-0.39, 0.29) is 5.97 Å². The van der Waals surface area contributed by atoms with Gasteiger partial charge in [0, 0.05) is 18.0 Å². The first kappa shape index (κ1) is 10.2. The summed E-state index contributed by atoms with van der Waals surface area (Å²) in [5, 5.41) is 0.902. The predicted octanol–water partition coefficient (Wildman–Crippen LogP) is 2.73. The molecule has 0 aliphatic rings. The van der Waals surface area contributed by atoms with Crippen LogP contribution in [-0.2, 0) is 11.8 Å². The van der Waals surface area contributed by atoms with E-state index < -0.39 is 0 Å². The maximum absolute atomic E-state index is 11.5. The van der Waals surface area contributed by atoms with Gasteiger partial charge < -0.3 is 9.30 Å². The molecule has 0 saturated heterocycles. The molecule has 0 spiro atoms. The lowest BCUT2D eigenvalue weighted by Crippen LogP contribution is -2.01. The molecule has 1 heterocycles. The van der Waals surface area contributed by atoms with E-state index in [4.69, 9.17) is 4.74 Å². The molecule has 3 nitrogen and oxygen atoms in total. The molecule has 0 N–H and O–H groups in total. The minimum Gasteiger partial charge on any atom is -0.465 e. The van der Waals surface area contributed by atoms with Gasteiger partial charge in [-0.05, 0) is 34.1 Å². The minimum atomic E-state index is -0.307. The third-order valence-electron chi connectivity index (χ3n) is 2.43. The average molecular weight is 268 g/mol. The topological polar surface area (TPSA) is 31.2 Å². The zero-order valence-corrected chi connectivity index (χ0v) is 10.0. The van der Waals surface area contributed by atoms with E-state index in [1.807, 2.05) is 29.8 Å². The Balaban J connectivity index is 2.77. The first-order valence-corrected chi connectivity index (χ1v) is 5.26. The lowest BCUT2D eigenvalue weighted by molar-refractivity contribution is 0.0603. The van der Waals surface area contributed by atoms with Gasteiger partial charge in [-0.1, -0.05) is 6.07 Å². The van der Waals surface area contributed by atoms with Crippen LogP contribution in [0.2, 0.25) is 0 Å². The molecule has 0 saturated carbocycles. The molecule has 0 aliphatic heterocycles. The van der Waals surface area contributed by atoms with E-state index in [9.17, 15) is 4.79 Å². The highest BCUT2D eigenvalue weighted by Gasteiger charge is 2.13. The number of fused-ring (bicyclic) bond motifs is 1. The molecule has 1 aromatic carbocycles. The van der Waals surface area contributed by atoms with Gasteiger partial charge in [0.2, 0.25) is 0 Å². The highest BCUT2D eigenvalue weighted by atomic mass is 79.9. The molecule has 0 radical (unpaired) electrons. The fourth-order valence-electron chi connectivity index (χ4n) is 1.62. The Hall–Kier alpha value is -1.29. The molecule has 0 atom stereocenters. The summed E-state index contributed by atoms with van der Waals surface area (Å²) >= 11 is 3.42. The quantitative estimate of drug-likeness (QED) is 0.744. The monoisotopic (exact) mass is 267 g/mol. The first-order valence-electron chi connectivity index (χ1n) is 4.47. The summed E-state index contributed by atoms with van der Waals surface area (Å²) in [7, 11) is 3.33. The molecule has 15 heavy (non-hydrogen) atoms. The summed E-state index contributed by atoms with van der Waals surface area (Å²) in [5.74, 6) is -0.307. The Labute approximate surface area is 95.8 Å². The van der Waals surface area contributed by atoms with E-state index in [0.29, 0.717) is 5.56 Å². The van der Waals surface area contributed by atoms with E-state index in [1.54, 1.807) is 6.07 Å². The van der Waals surface area contributed by atoms with Crippen molar-refractivity contribution in [1.82, 2.24) is 4.57 Å². The van der Waals surface area contributed by atoms with E-state index >= 15 is 0 Å². The Kier molecular flexibility index (Phi) is 2.52. The van der Waals surface area contributed by atoms with Crippen molar-refractivity contribution in [3.05, 3.63) is 34.4 Å². The maximum atomic E-state index is 11.5. The molecule has 0 fully saturated rings. The number of benzene rings is 1. The van der Waals surface area contributed by atoms with Crippen LogP contribution >= 0.6 is 15.9 Å². The Bertz CT molecular complexity index is 531. The van der Waals surface area contributed by atoms with Gasteiger partial charge in [-0.25, -0.2) is 4.79 Å². The zero-order valence-electron chi connectivity index (χ0n) is 8.45. The van der Waals surface area contributed by atoms with Crippen LogP contribution in [0.15, 0.2) is 28.9 Å². The normalized spacial score (nSPS) is 10.6. The molecule has 4 heteroatoms. The number of hydrogen-bond donors (Lipinski definition) is 0. The number of carbonyl (C=O) groups excluding carboxylic acids is 1. The lowest BCUT2D eigenvalue weighted by atomic mass is 10.1. The van der Waals surface area contributed by atoms with E-state index in [0.717, 1.165) is 15.5 Å². The number of aryl methyl sites for hydroxylation is 1. The number of hydrogen-bond acceptors (Lipinski definition) is 2. The molecule has 2 rings (SSSR count). The van der Waals surface area contributed by atoms with Gasteiger partial charge in [0.15, 0.2) is 0 Å². The van der Waals surface area contributed by atoms with E-state index in [1.165, 1.54) is 7.11 Å². The number of halogens is 1. The van der Waals surface area contributed by atoms with Gasteiger partial charge >= 0.3 is 5.97 Å². The van der Waals surface area contributed by atoms with Crippen molar-refractivity contribution in [3.8, 4) is 0 Å². The highest BCUT2D eigenvalue weighted by Crippen LogP contribution is 2.26. The maximum Gasteiger partial charge on any atom is 0.338 e. The molecule has 78 valence electrons. The lowest BCUT2D eigenvalue weighted by Gasteiger charge is -2.01. The number of methoxy groups -OCH3 is 1. The molecule has 0 unspecified atom stereocenters. The average Bonchev–Trinajstić information content (AvgIpc) is 2.54. The van der Waals surface area contributed by atoms with Gasteiger partial charge in [0.25, 0.3) is 0 Å². The van der Waals surface area contributed by atoms with Crippen LogP contribution in [0.5, 0.6) is 0 Å². The van der Waals surface area contributed by atoms with E-state index in [2.05, 4.69) is 15.9 Å². The second-order valence-corrected chi connectivity index (χ2v) is 4.07. The van der Waals surface area contributed by atoms with Crippen LogP contribution in [0.25, 0.3) is 10.9 Å². The standard InChI is InChI=1S/C11H10BrNO2/c1-13-9-5-3-4-7(11(14)15-2)8(9)6-10(13)12/h3-6H,1-2H3. The second-order valence-electron chi connectivity index (χ2n) is 3.26. The van der Waals surface area contributed by atoms with Crippen molar-refractivity contribution >= 4 is 32.8 Å².